The molecule has 0 fully saturated rings. The summed E-state index contributed by atoms with van der Waals surface area (Å²) >= 11 is 5.20. The van der Waals surface area contributed by atoms with E-state index in [4.69, 9.17) is 4.74 Å². The molecule has 3 nitrogen and oxygen atoms in total. The third kappa shape index (κ3) is 2.78. The molecule has 0 atom stereocenters. The van der Waals surface area contributed by atoms with Crippen molar-refractivity contribution in [1.82, 2.24) is 4.98 Å². The SMILES string of the molecule is COc1ccc2c(NCc3ccc(Br)s3)nccc2c1. The van der Waals surface area contributed by atoms with Crippen LogP contribution in [0.1, 0.15) is 4.88 Å². The predicted molar refractivity (Wildman–Crippen MR) is 87.6 cm³/mol. The third-order valence-corrected chi connectivity index (χ3v) is 4.65. The quantitative estimate of drug-likeness (QED) is 0.743. The van der Waals surface area contributed by atoms with Gasteiger partial charge < -0.3 is 10.1 Å². The maximum atomic E-state index is 5.25. The number of hydrogen-bond acceptors (Lipinski definition) is 4. The van der Waals surface area contributed by atoms with Crippen LogP contribution in [0, 0.1) is 0 Å². The smallest absolute Gasteiger partial charge is 0.134 e. The molecule has 0 aliphatic heterocycles. The zero-order chi connectivity index (χ0) is 13.9. The molecule has 0 unspecified atom stereocenters. The Hall–Kier alpha value is -1.59. The van der Waals surface area contributed by atoms with Gasteiger partial charge >= 0.3 is 0 Å². The topological polar surface area (TPSA) is 34.1 Å². The van der Waals surface area contributed by atoms with Gasteiger partial charge in [0.1, 0.15) is 11.6 Å². The van der Waals surface area contributed by atoms with Crippen LogP contribution in [0.5, 0.6) is 5.75 Å². The molecule has 0 saturated heterocycles. The van der Waals surface area contributed by atoms with E-state index in [9.17, 15) is 0 Å². The molecule has 0 aliphatic carbocycles. The van der Waals surface area contributed by atoms with Gasteiger partial charge in [0.05, 0.1) is 17.4 Å². The predicted octanol–water partition coefficient (Wildman–Crippen LogP) is 4.68. The van der Waals surface area contributed by atoms with Gasteiger partial charge in [0.2, 0.25) is 0 Å². The summed E-state index contributed by atoms with van der Waals surface area (Å²) < 4.78 is 6.39. The monoisotopic (exact) mass is 348 g/mol. The molecule has 3 rings (SSSR count). The Morgan fingerprint density at radius 2 is 2.15 bits per heavy atom. The summed E-state index contributed by atoms with van der Waals surface area (Å²) in [6.07, 6.45) is 1.81. The van der Waals surface area contributed by atoms with E-state index < -0.39 is 0 Å². The fourth-order valence-electron chi connectivity index (χ4n) is 2.04. The lowest BCUT2D eigenvalue weighted by molar-refractivity contribution is 0.415. The first-order valence-corrected chi connectivity index (χ1v) is 7.78. The van der Waals surface area contributed by atoms with Crippen molar-refractivity contribution in [2.75, 3.05) is 12.4 Å². The van der Waals surface area contributed by atoms with Gasteiger partial charge in [0.15, 0.2) is 0 Å². The van der Waals surface area contributed by atoms with Crippen LogP contribution in [0.4, 0.5) is 5.82 Å². The molecule has 0 amide bonds. The van der Waals surface area contributed by atoms with Crippen LogP contribution >= 0.6 is 27.3 Å². The Morgan fingerprint density at radius 3 is 2.90 bits per heavy atom. The summed E-state index contributed by atoms with van der Waals surface area (Å²) in [6.45, 7) is 0.772. The molecule has 20 heavy (non-hydrogen) atoms. The number of nitrogens with zero attached hydrogens (tertiary/aromatic N) is 1. The molecule has 0 saturated carbocycles. The summed E-state index contributed by atoms with van der Waals surface area (Å²) in [5.41, 5.74) is 0. The van der Waals surface area contributed by atoms with Gasteiger partial charge in [-0.15, -0.1) is 11.3 Å². The van der Waals surface area contributed by atoms with E-state index in [1.165, 1.54) is 4.88 Å². The number of pyridine rings is 1. The van der Waals surface area contributed by atoms with Crippen molar-refractivity contribution in [1.29, 1.82) is 0 Å². The zero-order valence-electron chi connectivity index (χ0n) is 10.9. The molecule has 2 heterocycles. The molecule has 0 radical (unpaired) electrons. The molecule has 102 valence electrons. The van der Waals surface area contributed by atoms with Gasteiger partial charge in [-0.2, -0.15) is 0 Å². The maximum Gasteiger partial charge on any atom is 0.134 e. The number of nitrogens with one attached hydrogen (secondary N) is 1. The van der Waals surface area contributed by atoms with Crippen molar-refractivity contribution in [3.63, 3.8) is 0 Å². The first-order chi connectivity index (χ1) is 9.76. The summed E-state index contributed by atoms with van der Waals surface area (Å²) in [6, 6.07) is 12.2. The van der Waals surface area contributed by atoms with Crippen LogP contribution in [0.3, 0.4) is 0 Å². The summed E-state index contributed by atoms with van der Waals surface area (Å²) in [5.74, 6) is 1.76. The zero-order valence-corrected chi connectivity index (χ0v) is 13.3. The van der Waals surface area contributed by atoms with E-state index in [0.29, 0.717) is 0 Å². The number of halogens is 1. The van der Waals surface area contributed by atoms with Crippen LogP contribution < -0.4 is 10.1 Å². The Balaban J connectivity index is 1.87. The number of methoxy groups -OCH3 is 1. The number of hydrogen-bond donors (Lipinski definition) is 1. The molecule has 2 aromatic heterocycles. The summed E-state index contributed by atoms with van der Waals surface area (Å²) in [4.78, 5) is 5.69. The highest BCUT2D eigenvalue weighted by molar-refractivity contribution is 9.11. The second kappa shape index (κ2) is 5.81. The minimum absolute atomic E-state index is 0.772. The van der Waals surface area contributed by atoms with Crippen molar-refractivity contribution >= 4 is 43.9 Å². The molecular weight excluding hydrogens is 336 g/mol. The van der Waals surface area contributed by atoms with E-state index >= 15 is 0 Å². The van der Waals surface area contributed by atoms with E-state index in [1.807, 2.05) is 30.5 Å². The number of anilines is 1. The van der Waals surface area contributed by atoms with Gasteiger partial charge in [-0.3, -0.25) is 0 Å². The molecule has 5 heteroatoms. The highest BCUT2D eigenvalue weighted by Crippen LogP contribution is 2.27. The first kappa shape index (κ1) is 13.4. The second-order valence-electron chi connectivity index (χ2n) is 4.31. The highest BCUT2D eigenvalue weighted by Gasteiger charge is 2.04. The minimum atomic E-state index is 0.772. The number of rotatable bonds is 4. The second-order valence-corrected chi connectivity index (χ2v) is 6.85. The van der Waals surface area contributed by atoms with Gasteiger partial charge in [-0.1, -0.05) is 0 Å². The molecular formula is C15H13BrN2OS. The Labute approximate surface area is 129 Å². The normalized spacial score (nSPS) is 10.7. The van der Waals surface area contributed by atoms with E-state index in [0.717, 1.165) is 32.7 Å². The number of thiophene rings is 1. The minimum Gasteiger partial charge on any atom is -0.497 e. The molecule has 1 N–H and O–H groups in total. The maximum absolute atomic E-state index is 5.25. The summed E-state index contributed by atoms with van der Waals surface area (Å²) in [7, 11) is 1.68. The lowest BCUT2D eigenvalue weighted by Gasteiger charge is -2.08. The fraction of sp³-hybridized carbons (Fsp3) is 0.133. The Morgan fingerprint density at radius 1 is 1.25 bits per heavy atom. The van der Waals surface area contributed by atoms with Gasteiger partial charge in [-0.25, -0.2) is 4.98 Å². The van der Waals surface area contributed by atoms with Crippen LogP contribution in [0.15, 0.2) is 46.4 Å². The molecule has 0 spiro atoms. The average Bonchev–Trinajstić information content (AvgIpc) is 2.90. The highest BCUT2D eigenvalue weighted by atomic mass is 79.9. The fourth-order valence-corrected chi connectivity index (χ4v) is 3.46. The van der Waals surface area contributed by atoms with E-state index in [1.54, 1.807) is 18.4 Å². The van der Waals surface area contributed by atoms with Crippen LogP contribution in [-0.4, -0.2) is 12.1 Å². The standard InChI is InChI=1S/C15H13BrN2OS/c1-19-11-2-4-13-10(8-11)6-7-17-15(13)18-9-12-3-5-14(16)20-12/h2-8H,9H2,1H3,(H,17,18). The molecule has 0 bridgehead atoms. The van der Waals surface area contributed by atoms with Gasteiger partial charge in [0, 0.05) is 16.5 Å². The largest absolute Gasteiger partial charge is 0.497 e. The number of benzene rings is 1. The molecule has 3 aromatic rings. The van der Waals surface area contributed by atoms with Crippen LogP contribution in [0.25, 0.3) is 10.8 Å². The van der Waals surface area contributed by atoms with Crippen LogP contribution in [0.2, 0.25) is 0 Å². The number of aromatic nitrogens is 1. The van der Waals surface area contributed by atoms with E-state index in [2.05, 4.69) is 38.4 Å². The van der Waals surface area contributed by atoms with Gasteiger partial charge in [-0.05, 0) is 57.7 Å². The summed E-state index contributed by atoms with van der Waals surface area (Å²) in [5, 5.41) is 5.61. The first-order valence-electron chi connectivity index (χ1n) is 6.17. The molecule has 1 aromatic carbocycles. The Bertz CT molecular complexity index is 742. The third-order valence-electron chi connectivity index (χ3n) is 3.03. The number of fused-ring (bicyclic) bond motifs is 1. The molecule has 0 aliphatic rings. The lowest BCUT2D eigenvalue weighted by Crippen LogP contribution is -2.00. The van der Waals surface area contributed by atoms with Crippen molar-refractivity contribution in [3.8, 4) is 5.75 Å². The lowest BCUT2D eigenvalue weighted by atomic mass is 10.1. The van der Waals surface area contributed by atoms with Crippen molar-refractivity contribution in [2.45, 2.75) is 6.54 Å². The average molecular weight is 349 g/mol. The Kier molecular flexibility index (Phi) is 3.89. The number of ether oxygens (including phenoxy) is 1. The van der Waals surface area contributed by atoms with Crippen molar-refractivity contribution in [3.05, 3.63) is 51.3 Å². The van der Waals surface area contributed by atoms with E-state index in [-0.39, 0.29) is 0 Å². The van der Waals surface area contributed by atoms with Crippen molar-refractivity contribution < 1.29 is 4.74 Å². The van der Waals surface area contributed by atoms with Crippen molar-refractivity contribution in [2.24, 2.45) is 0 Å². The van der Waals surface area contributed by atoms with Gasteiger partial charge in [0.25, 0.3) is 0 Å². The van der Waals surface area contributed by atoms with Crippen LogP contribution in [-0.2, 0) is 6.54 Å².